The Bertz CT molecular complexity index is 891. The first-order valence-electron chi connectivity index (χ1n) is 9.51. The summed E-state index contributed by atoms with van der Waals surface area (Å²) >= 11 is 0. The van der Waals surface area contributed by atoms with E-state index in [0.29, 0.717) is 34.7 Å². The first-order chi connectivity index (χ1) is 13.9. The minimum atomic E-state index is -4.72. The Kier molecular flexibility index (Phi) is 5.31. The molecule has 0 unspecified atom stereocenters. The zero-order valence-corrected chi connectivity index (χ0v) is 15.6. The summed E-state index contributed by atoms with van der Waals surface area (Å²) in [6, 6.07) is 9.40. The molecule has 29 heavy (non-hydrogen) atoms. The number of aliphatic imine (C=N–C) groups is 1. The number of hydrogen-bond acceptors (Lipinski definition) is 4. The highest BCUT2D eigenvalue weighted by atomic mass is 19.4. The summed E-state index contributed by atoms with van der Waals surface area (Å²) in [5.74, 6) is 1.62. The molecule has 1 aromatic carbocycles. The van der Waals surface area contributed by atoms with Crippen molar-refractivity contribution in [1.82, 2.24) is 10.3 Å². The molecule has 4 rings (SSSR count). The minimum Gasteiger partial charge on any atom is -0.406 e. The van der Waals surface area contributed by atoms with E-state index in [1.807, 2.05) is 6.07 Å². The molecule has 2 aromatic rings. The smallest absolute Gasteiger partial charge is 0.406 e. The predicted octanol–water partition coefficient (Wildman–Crippen LogP) is 4.11. The van der Waals surface area contributed by atoms with Crippen molar-refractivity contribution in [3.8, 4) is 16.9 Å². The van der Waals surface area contributed by atoms with Gasteiger partial charge in [0.2, 0.25) is 0 Å². The molecule has 160 valence electrons. The van der Waals surface area contributed by atoms with Gasteiger partial charge in [-0.3, -0.25) is 0 Å². The number of nitrogens with zero attached hydrogens (tertiary/aromatic N) is 2. The molecular formula is C20H28F3N5O. The van der Waals surface area contributed by atoms with Gasteiger partial charge in [-0.25, -0.2) is 9.98 Å². The van der Waals surface area contributed by atoms with Crippen LogP contribution in [0.2, 0.25) is 0 Å². The van der Waals surface area contributed by atoms with Gasteiger partial charge >= 0.3 is 6.36 Å². The van der Waals surface area contributed by atoms with Gasteiger partial charge in [0.1, 0.15) is 11.6 Å². The van der Waals surface area contributed by atoms with Crippen LogP contribution >= 0.6 is 0 Å². The largest absolute Gasteiger partial charge is 0.573 e. The van der Waals surface area contributed by atoms with Crippen LogP contribution < -0.4 is 21.1 Å². The van der Waals surface area contributed by atoms with Gasteiger partial charge < -0.3 is 21.1 Å². The zero-order chi connectivity index (χ0) is 20.4. The Hall–Kier alpha value is -2.81. The highest BCUT2D eigenvalue weighted by Crippen LogP contribution is 2.39. The van der Waals surface area contributed by atoms with Crippen molar-refractivity contribution in [2.45, 2.75) is 25.2 Å². The number of halogens is 3. The summed E-state index contributed by atoms with van der Waals surface area (Å²) < 4.78 is 41.0. The molecular weight excluding hydrogens is 383 g/mol. The van der Waals surface area contributed by atoms with Crippen molar-refractivity contribution < 1.29 is 22.2 Å². The van der Waals surface area contributed by atoms with Crippen molar-refractivity contribution in [2.24, 2.45) is 22.6 Å². The van der Waals surface area contributed by atoms with Crippen molar-refractivity contribution in [3.05, 3.63) is 42.6 Å². The number of ether oxygens (including phenoxy) is 1. The Labute approximate surface area is 170 Å². The maximum absolute atomic E-state index is 12.4. The van der Waals surface area contributed by atoms with E-state index in [0.717, 1.165) is 13.1 Å². The van der Waals surface area contributed by atoms with E-state index in [1.54, 1.807) is 24.4 Å². The van der Waals surface area contributed by atoms with Crippen LogP contribution in [0.15, 0.2) is 47.6 Å². The molecule has 2 aliphatic rings. The molecule has 1 aliphatic heterocycles. The molecule has 1 aliphatic carbocycles. The molecule has 0 radical (unpaired) electrons. The van der Waals surface area contributed by atoms with E-state index in [9.17, 15) is 13.2 Å². The summed E-state index contributed by atoms with van der Waals surface area (Å²) in [6.07, 6.45) is -0.742. The number of nitrogens with two attached hydrogens (primary N) is 1. The van der Waals surface area contributed by atoms with Crippen LogP contribution in [0.3, 0.4) is 0 Å². The summed E-state index contributed by atoms with van der Waals surface area (Å²) in [6.45, 7) is 1.91. The van der Waals surface area contributed by atoms with Gasteiger partial charge in [-0.05, 0) is 48.6 Å². The zero-order valence-electron chi connectivity index (χ0n) is 15.6. The third kappa shape index (κ3) is 4.97. The standard InChI is InChI=1S/C20H22F3N5O.3H2/c21-20(22,23)29-15-7-5-12(6-8-15)16-2-1-9-26-18(16)28-19(24)27-17(13-3-4-13)14-10-25-11-14;;;/h1-2,5-9,13-14,17,25H,3-4,10-11H2,(H3,24,26,27,28);3*1H/t17-;;;/m1.../s1. The topological polar surface area (TPSA) is 84.6 Å². The Morgan fingerprint density at radius 1 is 1.21 bits per heavy atom. The molecule has 1 atom stereocenters. The number of guanidine groups is 1. The fourth-order valence-electron chi connectivity index (χ4n) is 3.47. The summed E-state index contributed by atoms with van der Waals surface area (Å²) in [4.78, 5) is 9.03. The number of nitrogens with one attached hydrogen (secondary N) is 2. The average molecular weight is 411 g/mol. The van der Waals surface area contributed by atoms with Gasteiger partial charge in [-0.15, -0.1) is 13.2 Å². The Morgan fingerprint density at radius 2 is 1.93 bits per heavy atom. The molecule has 4 N–H and O–H groups in total. The summed E-state index contributed by atoms with van der Waals surface area (Å²) in [5.41, 5.74) is 7.55. The van der Waals surface area contributed by atoms with Crippen molar-refractivity contribution in [2.75, 3.05) is 18.4 Å². The lowest BCUT2D eigenvalue weighted by atomic mass is 9.91. The van der Waals surface area contributed by atoms with E-state index in [4.69, 9.17) is 10.7 Å². The van der Waals surface area contributed by atoms with Crippen LogP contribution in [0.4, 0.5) is 19.0 Å². The molecule has 0 spiro atoms. The molecule has 9 heteroatoms. The molecule has 0 bridgehead atoms. The lowest BCUT2D eigenvalue weighted by Crippen LogP contribution is -2.49. The third-order valence-corrected chi connectivity index (χ3v) is 5.14. The number of alkyl halides is 3. The predicted molar refractivity (Wildman–Crippen MR) is 111 cm³/mol. The fraction of sp³-hybridized carbons (Fsp3) is 0.400. The quantitative estimate of drug-likeness (QED) is 0.492. The second-order valence-corrected chi connectivity index (χ2v) is 7.36. The second kappa shape index (κ2) is 7.90. The van der Waals surface area contributed by atoms with E-state index in [2.05, 4.69) is 20.4 Å². The molecule has 6 nitrogen and oxygen atoms in total. The first kappa shape index (κ1) is 19.5. The molecule has 2 heterocycles. The number of hydrogen-bond donors (Lipinski definition) is 3. The summed E-state index contributed by atoms with van der Waals surface area (Å²) in [7, 11) is 0. The number of benzene rings is 1. The fourth-order valence-corrected chi connectivity index (χ4v) is 3.47. The van der Waals surface area contributed by atoms with Crippen LogP contribution in [-0.2, 0) is 0 Å². The van der Waals surface area contributed by atoms with Gasteiger partial charge in [0.15, 0.2) is 5.96 Å². The highest BCUT2D eigenvalue weighted by molar-refractivity contribution is 5.95. The number of rotatable bonds is 6. The number of aromatic nitrogens is 1. The number of pyridine rings is 1. The van der Waals surface area contributed by atoms with Gasteiger partial charge in [0, 0.05) is 35.0 Å². The third-order valence-electron chi connectivity index (χ3n) is 5.14. The highest BCUT2D eigenvalue weighted by Gasteiger charge is 2.39. The monoisotopic (exact) mass is 411 g/mol. The van der Waals surface area contributed by atoms with Gasteiger partial charge in [-0.1, -0.05) is 12.1 Å². The Balaban J connectivity index is 0.00000171. The first-order valence-corrected chi connectivity index (χ1v) is 9.51. The van der Waals surface area contributed by atoms with E-state index in [-0.39, 0.29) is 16.1 Å². The Morgan fingerprint density at radius 3 is 2.52 bits per heavy atom. The average Bonchev–Trinajstić information content (AvgIpc) is 3.44. The lowest BCUT2D eigenvalue weighted by molar-refractivity contribution is -0.274. The SMILES string of the molecule is NC(=N[C@H](C1CC1)C1CNC1)Nc1ncccc1-c1ccc(OC(F)(F)F)cc1.[HH].[HH].[HH]. The molecule has 0 amide bonds. The second-order valence-electron chi connectivity index (χ2n) is 7.36. The molecule has 1 saturated carbocycles. The van der Waals surface area contributed by atoms with Crippen molar-refractivity contribution >= 4 is 11.8 Å². The van der Waals surface area contributed by atoms with Gasteiger partial charge in [0.25, 0.3) is 0 Å². The lowest BCUT2D eigenvalue weighted by Gasteiger charge is -2.32. The van der Waals surface area contributed by atoms with Crippen LogP contribution in [0.5, 0.6) is 5.75 Å². The van der Waals surface area contributed by atoms with Crippen LogP contribution in [0, 0.1) is 11.8 Å². The maximum atomic E-state index is 12.4. The minimum absolute atomic E-state index is 0. The van der Waals surface area contributed by atoms with E-state index >= 15 is 0 Å². The van der Waals surface area contributed by atoms with E-state index < -0.39 is 6.36 Å². The van der Waals surface area contributed by atoms with Crippen LogP contribution in [0.25, 0.3) is 11.1 Å². The number of anilines is 1. The summed E-state index contributed by atoms with van der Waals surface area (Å²) in [5, 5.41) is 6.34. The van der Waals surface area contributed by atoms with Crippen LogP contribution in [-0.4, -0.2) is 36.4 Å². The normalized spacial score (nSPS) is 18.8. The van der Waals surface area contributed by atoms with Crippen LogP contribution in [0.1, 0.15) is 17.1 Å². The van der Waals surface area contributed by atoms with Crippen molar-refractivity contribution in [1.29, 1.82) is 0 Å². The molecule has 1 aromatic heterocycles. The molecule has 2 fully saturated rings. The van der Waals surface area contributed by atoms with E-state index in [1.165, 1.54) is 25.0 Å². The van der Waals surface area contributed by atoms with Gasteiger partial charge in [0.05, 0.1) is 6.04 Å². The maximum Gasteiger partial charge on any atom is 0.573 e. The van der Waals surface area contributed by atoms with Gasteiger partial charge in [-0.2, -0.15) is 0 Å². The molecule has 1 saturated heterocycles. The van der Waals surface area contributed by atoms with Crippen molar-refractivity contribution in [3.63, 3.8) is 0 Å².